The zero-order valence-electron chi connectivity index (χ0n) is 17.0. The molecule has 0 aliphatic heterocycles. The molecular formula is C25H18Cl2N2O3. The van der Waals surface area contributed by atoms with Crippen LogP contribution >= 0.6 is 23.2 Å². The molecule has 3 aromatic carbocycles. The monoisotopic (exact) mass is 464 g/mol. The molecule has 160 valence electrons. The van der Waals surface area contributed by atoms with E-state index >= 15 is 0 Å². The van der Waals surface area contributed by atoms with Gasteiger partial charge in [0.1, 0.15) is 0 Å². The van der Waals surface area contributed by atoms with Crippen LogP contribution in [-0.4, -0.2) is 24.0 Å². The molecule has 32 heavy (non-hydrogen) atoms. The summed E-state index contributed by atoms with van der Waals surface area (Å²) in [6.45, 7) is 0. The van der Waals surface area contributed by atoms with E-state index in [0.717, 1.165) is 0 Å². The highest BCUT2D eigenvalue weighted by Gasteiger charge is 2.25. The number of esters is 1. The first-order valence-corrected chi connectivity index (χ1v) is 10.5. The van der Waals surface area contributed by atoms with Gasteiger partial charge in [0.15, 0.2) is 6.04 Å². The van der Waals surface area contributed by atoms with Crippen molar-refractivity contribution in [1.82, 2.24) is 10.3 Å². The number of pyridine rings is 1. The first kappa shape index (κ1) is 21.8. The van der Waals surface area contributed by atoms with Crippen LogP contribution in [-0.2, 0) is 9.53 Å². The third-order valence-corrected chi connectivity index (χ3v) is 5.56. The number of ether oxygens (including phenoxy) is 1. The molecule has 1 aromatic heterocycles. The third-order valence-electron chi connectivity index (χ3n) is 5.01. The minimum absolute atomic E-state index is 0.362. The Bertz CT molecular complexity index is 1310. The standard InChI is InChI=1S/C25H18Cl2N2O3/c1-32-25(31)23(15-7-3-2-4-8-15)29-24(30)19-14-22(18-12-11-16(26)13-20(18)27)28-21-10-6-5-9-17(19)21/h2-14,23H,1H3,(H,29,30). The summed E-state index contributed by atoms with van der Waals surface area (Å²) in [5.41, 5.74) is 2.76. The molecule has 0 saturated heterocycles. The topological polar surface area (TPSA) is 68.3 Å². The lowest BCUT2D eigenvalue weighted by Gasteiger charge is -2.18. The van der Waals surface area contributed by atoms with Gasteiger partial charge in [0.2, 0.25) is 0 Å². The lowest BCUT2D eigenvalue weighted by atomic mass is 10.0. The maximum absolute atomic E-state index is 13.4. The van der Waals surface area contributed by atoms with E-state index in [1.54, 1.807) is 54.6 Å². The summed E-state index contributed by atoms with van der Waals surface area (Å²) in [4.78, 5) is 30.5. The summed E-state index contributed by atoms with van der Waals surface area (Å²) < 4.78 is 4.92. The minimum atomic E-state index is -0.955. The number of hydrogen-bond donors (Lipinski definition) is 1. The molecule has 0 spiro atoms. The fourth-order valence-corrected chi connectivity index (χ4v) is 3.95. The quantitative estimate of drug-likeness (QED) is 0.376. The van der Waals surface area contributed by atoms with Gasteiger partial charge in [-0.25, -0.2) is 9.78 Å². The van der Waals surface area contributed by atoms with Crippen LogP contribution in [0.4, 0.5) is 0 Å². The van der Waals surface area contributed by atoms with Crippen molar-refractivity contribution < 1.29 is 14.3 Å². The van der Waals surface area contributed by atoms with Crippen molar-refractivity contribution in [2.75, 3.05) is 7.11 Å². The number of nitrogens with one attached hydrogen (secondary N) is 1. The Morgan fingerprint density at radius 2 is 1.66 bits per heavy atom. The average molecular weight is 465 g/mol. The molecule has 1 unspecified atom stereocenters. The molecule has 0 fully saturated rings. The fraction of sp³-hybridized carbons (Fsp3) is 0.0800. The number of carbonyl (C=O) groups excluding carboxylic acids is 2. The summed E-state index contributed by atoms with van der Waals surface area (Å²) in [6.07, 6.45) is 0. The SMILES string of the molecule is COC(=O)C(NC(=O)c1cc(-c2ccc(Cl)cc2Cl)nc2ccccc12)c1ccccc1. The highest BCUT2D eigenvalue weighted by molar-refractivity contribution is 6.36. The zero-order chi connectivity index (χ0) is 22.7. The zero-order valence-corrected chi connectivity index (χ0v) is 18.5. The Morgan fingerprint density at radius 1 is 0.938 bits per heavy atom. The maximum atomic E-state index is 13.4. The van der Waals surface area contributed by atoms with Crippen LogP contribution in [0.25, 0.3) is 22.2 Å². The van der Waals surface area contributed by atoms with Crippen LogP contribution in [0.2, 0.25) is 10.0 Å². The van der Waals surface area contributed by atoms with Gasteiger partial charge < -0.3 is 10.1 Å². The van der Waals surface area contributed by atoms with Crippen molar-refractivity contribution in [3.63, 3.8) is 0 Å². The number of hydrogen-bond acceptors (Lipinski definition) is 4. The summed E-state index contributed by atoms with van der Waals surface area (Å²) in [5.74, 6) is -1.00. The number of methoxy groups -OCH3 is 1. The molecule has 0 radical (unpaired) electrons. The Balaban J connectivity index is 1.80. The molecule has 0 aliphatic carbocycles. The van der Waals surface area contributed by atoms with Crippen LogP contribution in [0.3, 0.4) is 0 Å². The number of amides is 1. The van der Waals surface area contributed by atoms with Gasteiger partial charge in [-0.05, 0) is 35.9 Å². The highest BCUT2D eigenvalue weighted by Crippen LogP contribution is 2.32. The molecule has 0 saturated carbocycles. The molecule has 1 atom stereocenters. The van der Waals surface area contributed by atoms with Crippen LogP contribution in [0.5, 0.6) is 0 Å². The Labute approximate surface area is 194 Å². The minimum Gasteiger partial charge on any atom is -0.467 e. The normalized spacial score (nSPS) is 11.7. The van der Waals surface area contributed by atoms with Crippen LogP contribution in [0.1, 0.15) is 22.0 Å². The van der Waals surface area contributed by atoms with Crippen molar-refractivity contribution in [3.8, 4) is 11.3 Å². The van der Waals surface area contributed by atoms with Crippen LogP contribution < -0.4 is 5.32 Å². The van der Waals surface area contributed by atoms with Gasteiger partial charge in [-0.1, -0.05) is 71.7 Å². The smallest absolute Gasteiger partial charge is 0.333 e. The third kappa shape index (κ3) is 4.44. The van der Waals surface area contributed by atoms with E-state index in [2.05, 4.69) is 10.3 Å². The maximum Gasteiger partial charge on any atom is 0.333 e. The average Bonchev–Trinajstić information content (AvgIpc) is 2.81. The van der Waals surface area contributed by atoms with Gasteiger partial charge in [0, 0.05) is 16.0 Å². The van der Waals surface area contributed by atoms with Gasteiger partial charge in [-0.15, -0.1) is 0 Å². The van der Waals surface area contributed by atoms with Crippen molar-refractivity contribution >= 4 is 46.0 Å². The second-order valence-electron chi connectivity index (χ2n) is 7.04. The Hall–Kier alpha value is -3.41. The first-order chi connectivity index (χ1) is 15.5. The van der Waals surface area contributed by atoms with Crippen molar-refractivity contribution in [3.05, 3.63) is 100 Å². The van der Waals surface area contributed by atoms with Crippen LogP contribution in [0.15, 0.2) is 78.9 Å². The van der Waals surface area contributed by atoms with Gasteiger partial charge in [0.05, 0.1) is 28.9 Å². The summed E-state index contributed by atoms with van der Waals surface area (Å²) in [7, 11) is 1.28. The van der Waals surface area contributed by atoms with Crippen molar-refractivity contribution in [1.29, 1.82) is 0 Å². The largest absolute Gasteiger partial charge is 0.467 e. The molecule has 5 nitrogen and oxygen atoms in total. The lowest BCUT2D eigenvalue weighted by Crippen LogP contribution is -2.34. The predicted molar refractivity (Wildman–Crippen MR) is 126 cm³/mol. The van der Waals surface area contributed by atoms with E-state index in [1.807, 2.05) is 24.3 Å². The molecular weight excluding hydrogens is 447 g/mol. The van der Waals surface area contributed by atoms with E-state index < -0.39 is 17.9 Å². The number of para-hydroxylation sites is 1. The van der Waals surface area contributed by atoms with E-state index in [1.165, 1.54) is 7.11 Å². The highest BCUT2D eigenvalue weighted by atomic mass is 35.5. The first-order valence-electron chi connectivity index (χ1n) is 9.77. The number of fused-ring (bicyclic) bond motifs is 1. The number of carbonyl (C=O) groups is 2. The van der Waals surface area contributed by atoms with E-state index in [-0.39, 0.29) is 0 Å². The van der Waals surface area contributed by atoms with E-state index in [4.69, 9.17) is 27.9 Å². The Kier molecular flexibility index (Phi) is 6.40. The number of benzene rings is 3. The number of aromatic nitrogens is 1. The number of rotatable bonds is 5. The van der Waals surface area contributed by atoms with Crippen molar-refractivity contribution in [2.24, 2.45) is 0 Å². The molecule has 4 rings (SSSR count). The predicted octanol–water partition coefficient (Wildman–Crippen LogP) is 5.85. The summed E-state index contributed by atoms with van der Waals surface area (Å²) in [6, 6.07) is 22.0. The molecule has 7 heteroatoms. The number of nitrogens with zero attached hydrogens (tertiary/aromatic N) is 1. The van der Waals surface area contributed by atoms with Gasteiger partial charge in [0.25, 0.3) is 5.91 Å². The molecule has 0 aliphatic rings. The molecule has 1 N–H and O–H groups in total. The van der Waals surface area contributed by atoms with Gasteiger partial charge in [-0.3, -0.25) is 4.79 Å². The van der Waals surface area contributed by atoms with E-state index in [9.17, 15) is 9.59 Å². The molecule has 4 aromatic rings. The fourth-order valence-electron chi connectivity index (χ4n) is 3.45. The lowest BCUT2D eigenvalue weighted by molar-refractivity contribution is -0.143. The van der Waals surface area contributed by atoms with E-state index in [0.29, 0.717) is 43.3 Å². The summed E-state index contributed by atoms with van der Waals surface area (Å²) in [5, 5.41) is 4.37. The second-order valence-corrected chi connectivity index (χ2v) is 7.88. The van der Waals surface area contributed by atoms with Crippen LogP contribution in [0, 0.1) is 0 Å². The molecule has 1 heterocycles. The van der Waals surface area contributed by atoms with Gasteiger partial charge in [-0.2, -0.15) is 0 Å². The second kappa shape index (κ2) is 9.39. The summed E-state index contributed by atoms with van der Waals surface area (Å²) >= 11 is 12.4. The Morgan fingerprint density at radius 3 is 2.38 bits per heavy atom. The van der Waals surface area contributed by atoms with Crippen molar-refractivity contribution in [2.45, 2.75) is 6.04 Å². The molecule has 0 bridgehead atoms. The molecule has 1 amide bonds. The van der Waals surface area contributed by atoms with Gasteiger partial charge >= 0.3 is 5.97 Å². The number of halogens is 2.